The summed E-state index contributed by atoms with van der Waals surface area (Å²) in [6.07, 6.45) is 1.10. The van der Waals surface area contributed by atoms with E-state index in [-0.39, 0.29) is 0 Å². The van der Waals surface area contributed by atoms with Crippen molar-refractivity contribution in [2.75, 3.05) is 5.32 Å². The molecule has 2 rings (SSSR count). The smallest absolute Gasteiger partial charge is 0.117 e. The monoisotopic (exact) mass is 298 g/mol. The lowest BCUT2D eigenvalue weighted by Crippen LogP contribution is -2.17. The Bertz CT molecular complexity index is 467. The lowest BCUT2D eigenvalue weighted by Gasteiger charge is -2.14. The zero-order valence-electron chi connectivity index (χ0n) is 9.40. The molecule has 0 spiro atoms. The van der Waals surface area contributed by atoms with E-state index >= 15 is 0 Å². The summed E-state index contributed by atoms with van der Waals surface area (Å²) in [5.74, 6) is 0. The molecule has 86 valence electrons. The SMILES string of the molecule is CC(Br)CC(C)Nc1snc2ccccc12. The summed E-state index contributed by atoms with van der Waals surface area (Å²) in [6.45, 7) is 4.37. The maximum absolute atomic E-state index is 4.42. The highest BCUT2D eigenvalue weighted by atomic mass is 79.9. The van der Waals surface area contributed by atoms with Crippen molar-refractivity contribution in [1.29, 1.82) is 0 Å². The van der Waals surface area contributed by atoms with Crippen molar-refractivity contribution >= 4 is 43.4 Å². The Morgan fingerprint density at radius 1 is 1.38 bits per heavy atom. The summed E-state index contributed by atoms with van der Waals surface area (Å²) in [7, 11) is 0. The van der Waals surface area contributed by atoms with Gasteiger partial charge < -0.3 is 5.32 Å². The number of hydrogen-bond donors (Lipinski definition) is 1. The van der Waals surface area contributed by atoms with E-state index < -0.39 is 0 Å². The van der Waals surface area contributed by atoms with Gasteiger partial charge in [-0.05, 0) is 37.0 Å². The first kappa shape index (κ1) is 11.9. The number of aromatic nitrogens is 1. The molecule has 1 aromatic carbocycles. The number of hydrogen-bond acceptors (Lipinski definition) is 3. The fraction of sp³-hybridized carbons (Fsp3) is 0.417. The standard InChI is InChI=1S/C12H15BrN2S/c1-8(13)7-9(2)14-12-10-5-3-4-6-11(10)15-16-12/h3-6,8-9,14H,7H2,1-2H3. The summed E-state index contributed by atoms with van der Waals surface area (Å²) in [5, 5.41) is 5.92. The van der Waals surface area contributed by atoms with Gasteiger partial charge in [0, 0.05) is 16.3 Å². The van der Waals surface area contributed by atoms with E-state index in [1.54, 1.807) is 11.5 Å². The summed E-state index contributed by atoms with van der Waals surface area (Å²) in [6, 6.07) is 8.70. The van der Waals surface area contributed by atoms with Gasteiger partial charge in [-0.2, -0.15) is 4.37 Å². The zero-order chi connectivity index (χ0) is 11.5. The van der Waals surface area contributed by atoms with Gasteiger partial charge in [0.2, 0.25) is 0 Å². The van der Waals surface area contributed by atoms with E-state index in [2.05, 4.69) is 57.7 Å². The van der Waals surface area contributed by atoms with Crippen LogP contribution in [0.4, 0.5) is 5.00 Å². The number of halogens is 1. The number of benzene rings is 1. The lowest BCUT2D eigenvalue weighted by molar-refractivity contribution is 0.711. The first-order valence-corrected chi connectivity index (χ1v) is 7.10. The third-order valence-electron chi connectivity index (χ3n) is 2.44. The van der Waals surface area contributed by atoms with E-state index in [1.807, 2.05) is 6.07 Å². The number of rotatable bonds is 4. The van der Waals surface area contributed by atoms with Crippen LogP contribution in [0.25, 0.3) is 10.9 Å². The molecule has 1 heterocycles. The third kappa shape index (κ3) is 2.74. The quantitative estimate of drug-likeness (QED) is 0.853. The summed E-state index contributed by atoms with van der Waals surface area (Å²) in [4.78, 5) is 0.536. The van der Waals surface area contributed by atoms with Crippen molar-refractivity contribution in [3.8, 4) is 0 Å². The van der Waals surface area contributed by atoms with Gasteiger partial charge in [-0.15, -0.1) is 0 Å². The van der Waals surface area contributed by atoms with Crippen LogP contribution in [0.1, 0.15) is 20.3 Å². The van der Waals surface area contributed by atoms with Crippen molar-refractivity contribution in [2.45, 2.75) is 31.1 Å². The van der Waals surface area contributed by atoms with Crippen molar-refractivity contribution in [1.82, 2.24) is 4.37 Å². The average molecular weight is 299 g/mol. The topological polar surface area (TPSA) is 24.9 Å². The number of anilines is 1. The maximum Gasteiger partial charge on any atom is 0.117 e. The molecule has 0 radical (unpaired) electrons. The highest BCUT2D eigenvalue weighted by molar-refractivity contribution is 9.09. The minimum Gasteiger partial charge on any atom is -0.373 e. The molecule has 0 fully saturated rings. The van der Waals surface area contributed by atoms with Gasteiger partial charge >= 0.3 is 0 Å². The number of fused-ring (bicyclic) bond motifs is 1. The Balaban J connectivity index is 2.15. The summed E-state index contributed by atoms with van der Waals surface area (Å²) in [5.41, 5.74) is 1.08. The van der Waals surface area contributed by atoms with Gasteiger partial charge in [-0.25, -0.2) is 0 Å². The largest absolute Gasteiger partial charge is 0.373 e. The minimum absolute atomic E-state index is 0.457. The molecule has 0 aliphatic rings. The average Bonchev–Trinajstić information content (AvgIpc) is 2.61. The van der Waals surface area contributed by atoms with Gasteiger partial charge in [0.25, 0.3) is 0 Å². The normalized spacial score (nSPS) is 14.9. The van der Waals surface area contributed by atoms with Gasteiger partial charge in [-0.3, -0.25) is 0 Å². The lowest BCUT2D eigenvalue weighted by atomic mass is 10.2. The second-order valence-corrected chi connectivity index (χ2v) is 6.43. The summed E-state index contributed by atoms with van der Waals surface area (Å²) >= 11 is 5.12. The highest BCUT2D eigenvalue weighted by Crippen LogP contribution is 2.28. The van der Waals surface area contributed by atoms with Crippen LogP contribution in [0.15, 0.2) is 24.3 Å². The van der Waals surface area contributed by atoms with E-state index in [0.717, 1.165) is 11.9 Å². The van der Waals surface area contributed by atoms with Gasteiger partial charge in [0.15, 0.2) is 0 Å². The Morgan fingerprint density at radius 2 is 2.12 bits per heavy atom. The molecule has 2 atom stereocenters. The van der Waals surface area contributed by atoms with Crippen molar-refractivity contribution in [2.24, 2.45) is 0 Å². The van der Waals surface area contributed by atoms with Crippen LogP contribution in [-0.2, 0) is 0 Å². The molecule has 0 amide bonds. The van der Waals surface area contributed by atoms with Crippen LogP contribution < -0.4 is 5.32 Å². The van der Waals surface area contributed by atoms with Crippen LogP contribution >= 0.6 is 27.5 Å². The van der Waals surface area contributed by atoms with E-state index in [4.69, 9.17) is 0 Å². The molecule has 0 saturated carbocycles. The molecule has 0 aliphatic heterocycles. The second-order valence-electron chi connectivity index (χ2n) is 4.09. The van der Waals surface area contributed by atoms with Gasteiger partial charge in [0.1, 0.15) is 5.00 Å². The second kappa shape index (κ2) is 5.15. The molecular weight excluding hydrogens is 284 g/mol. The van der Waals surface area contributed by atoms with E-state index in [1.165, 1.54) is 10.4 Å². The third-order valence-corrected chi connectivity index (χ3v) is 3.62. The van der Waals surface area contributed by atoms with Crippen LogP contribution in [0.2, 0.25) is 0 Å². The molecule has 0 saturated heterocycles. The molecule has 0 bridgehead atoms. The predicted octanol–water partition coefficient (Wildman–Crippen LogP) is 4.27. The minimum atomic E-state index is 0.457. The van der Waals surface area contributed by atoms with Gasteiger partial charge in [0.05, 0.1) is 5.52 Å². The molecule has 2 unspecified atom stereocenters. The molecule has 0 aliphatic carbocycles. The molecule has 1 aromatic heterocycles. The maximum atomic E-state index is 4.42. The highest BCUT2D eigenvalue weighted by Gasteiger charge is 2.10. The Labute approximate surface area is 108 Å². The fourth-order valence-corrected chi connectivity index (χ4v) is 3.20. The summed E-state index contributed by atoms with van der Waals surface area (Å²) < 4.78 is 4.42. The van der Waals surface area contributed by atoms with E-state index in [0.29, 0.717) is 10.9 Å². The van der Waals surface area contributed by atoms with Crippen molar-refractivity contribution in [3.63, 3.8) is 0 Å². The molecular formula is C12H15BrN2S. The first-order valence-electron chi connectivity index (χ1n) is 5.42. The Morgan fingerprint density at radius 3 is 2.88 bits per heavy atom. The number of alkyl halides is 1. The molecule has 2 nitrogen and oxygen atoms in total. The predicted molar refractivity (Wildman–Crippen MR) is 75.7 cm³/mol. The number of nitrogens with zero attached hydrogens (tertiary/aromatic N) is 1. The number of nitrogens with one attached hydrogen (secondary N) is 1. The van der Waals surface area contributed by atoms with Crippen LogP contribution in [0, 0.1) is 0 Å². The fourth-order valence-electron chi connectivity index (χ4n) is 1.76. The van der Waals surface area contributed by atoms with Crippen LogP contribution in [0.3, 0.4) is 0 Å². The molecule has 1 N–H and O–H groups in total. The van der Waals surface area contributed by atoms with Crippen molar-refractivity contribution < 1.29 is 0 Å². The molecule has 16 heavy (non-hydrogen) atoms. The Hall–Kier alpha value is -0.610. The molecule has 4 heteroatoms. The van der Waals surface area contributed by atoms with Gasteiger partial charge in [-0.1, -0.05) is 35.0 Å². The Kier molecular flexibility index (Phi) is 3.82. The van der Waals surface area contributed by atoms with Crippen LogP contribution in [-0.4, -0.2) is 15.2 Å². The molecule has 2 aromatic rings. The zero-order valence-corrected chi connectivity index (χ0v) is 11.8. The van der Waals surface area contributed by atoms with Crippen molar-refractivity contribution in [3.05, 3.63) is 24.3 Å². The van der Waals surface area contributed by atoms with E-state index in [9.17, 15) is 0 Å². The van der Waals surface area contributed by atoms with Crippen LogP contribution in [0.5, 0.6) is 0 Å². The first-order chi connectivity index (χ1) is 7.66.